The third-order valence-corrected chi connectivity index (χ3v) is 4.11. The molecular weight excluding hydrogens is 297 g/mol. The van der Waals surface area contributed by atoms with Crippen LogP contribution in [0.1, 0.15) is 19.8 Å². The molecule has 0 aliphatic carbocycles. The van der Waals surface area contributed by atoms with E-state index in [1.165, 1.54) is 0 Å². The van der Waals surface area contributed by atoms with E-state index in [2.05, 4.69) is 22.5 Å². The SMILES string of the molecule is CCN1CCC(NC(=O)Nc2cc(Cl)ccc2Cl)CC1. The summed E-state index contributed by atoms with van der Waals surface area (Å²) in [5.41, 5.74) is 0.530. The molecule has 0 aromatic heterocycles. The van der Waals surface area contributed by atoms with Crippen molar-refractivity contribution in [2.45, 2.75) is 25.8 Å². The van der Waals surface area contributed by atoms with Crippen molar-refractivity contribution in [2.24, 2.45) is 0 Å². The van der Waals surface area contributed by atoms with Gasteiger partial charge in [0.1, 0.15) is 0 Å². The first kappa shape index (κ1) is 15.4. The van der Waals surface area contributed by atoms with Crippen LogP contribution in [0.4, 0.5) is 10.5 Å². The maximum absolute atomic E-state index is 12.0. The quantitative estimate of drug-likeness (QED) is 0.895. The van der Waals surface area contributed by atoms with Crippen LogP contribution in [-0.4, -0.2) is 36.6 Å². The number of amides is 2. The Morgan fingerprint density at radius 1 is 1.35 bits per heavy atom. The summed E-state index contributed by atoms with van der Waals surface area (Å²) in [5, 5.41) is 6.74. The highest BCUT2D eigenvalue weighted by atomic mass is 35.5. The Balaban J connectivity index is 1.85. The molecule has 20 heavy (non-hydrogen) atoms. The Hall–Kier alpha value is -0.970. The van der Waals surface area contributed by atoms with Gasteiger partial charge in [-0.15, -0.1) is 0 Å². The van der Waals surface area contributed by atoms with Gasteiger partial charge in [0.25, 0.3) is 0 Å². The number of benzene rings is 1. The average molecular weight is 316 g/mol. The highest BCUT2D eigenvalue weighted by Gasteiger charge is 2.19. The fraction of sp³-hybridized carbons (Fsp3) is 0.500. The fourth-order valence-electron chi connectivity index (χ4n) is 2.33. The third kappa shape index (κ3) is 4.27. The first-order valence-corrected chi connectivity index (χ1v) is 7.59. The molecule has 0 spiro atoms. The molecule has 1 aromatic rings. The Morgan fingerprint density at radius 2 is 2.05 bits per heavy atom. The molecule has 1 aliphatic rings. The zero-order valence-corrected chi connectivity index (χ0v) is 13.0. The predicted molar refractivity (Wildman–Crippen MR) is 83.8 cm³/mol. The van der Waals surface area contributed by atoms with Gasteiger partial charge in [0.05, 0.1) is 10.7 Å². The van der Waals surface area contributed by atoms with E-state index in [0.717, 1.165) is 32.5 Å². The van der Waals surface area contributed by atoms with Crippen molar-refractivity contribution >= 4 is 34.9 Å². The lowest BCUT2D eigenvalue weighted by Crippen LogP contribution is -2.45. The minimum Gasteiger partial charge on any atom is -0.335 e. The van der Waals surface area contributed by atoms with Crippen molar-refractivity contribution < 1.29 is 4.79 Å². The van der Waals surface area contributed by atoms with Gasteiger partial charge >= 0.3 is 6.03 Å². The maximum Gasteiger partial charge on any atom is 0.319 e. The summed E-state index contributed by atoms with van der Waals surface area (Å²) in [7, 11) is 0. The van der Waals surface area contributed by atoms with E-state index in [1.54, 1.807) is 18.2 Å². The minimum absolute atomic E-state index is 0.218. The Labute approximate surface area is 129 Å². The average Bonchev–Trinajstić information content (AvgIpc) is 2.43. The Kier molecular flexibility index (Phi) is 5.52. The van der Waals surface area contributed by atoms with Gasteiger partial charge in [0.15, 0.2) is 0 Å². The number of hydrogen-bond acceptors (Lipinski definition) is 2. The first-order valence-electron chi connectivity index (χ1n) is 6.83. The van der Waals surface area contributed by atoms with Crippen molar-refractivity contribution in [3.8, 4) is 0 Å². The number of carbonyl (C=O) groups excluding carboxylic acids is 1. The van der Waals surface area contributed by atoms with Crippen LogP contribution in [0.15, 0.2) is 18.2 Å². The monoisotopic (exact) mass is 315 g/mol. The molecule has 1 heterocycles. The fourth-order valence-corrected chi connectivity index (χ4v) is 2.67. The summed E-state index contributed by atoms with van der Waals surface area (Å²) in [4.78, 5) is 14.3. The lowest BCUT2D eigenvalue weighted by molar-refractivity contribution is 0.203. The molecule has 0 atom stereocenters. The van der Waals surface area contributed by atoms with Gasteiger partial charge in [0.2, 0.25) is 0 Å². The summed E-state index contributed by atoms with van der Waals surface area (Å²) in [6.45, 7) is 5.28. The summed E-state index contributed by atoms with van der Waals surface area (Å²) >= 11 is 11.9. The zero-order chi connectivity index (χ0) is 14.5. The van der Waals surface area contributed by atoms with E-state index in [4.69, 9.17) is 23.2 Å². The number of hydrogen-bond donors (Lipinski definition) is 2. The summed E-state index contributed by atoms with van der Waals surface area (Å²) in [6, 6.07) is 4.98. The van der Waals surface area contributed by atoms with Crippen LogP contribution in [0, 0.1) is 0 Å². The summed E-state index contributed by atoms with van der Waals surface area (Å²) in [5.74, 6) is 0. The number of piperidine rings is 1. The smallest absolute Gasteiger partial charge is 0.319 e. The number of nitrogens with zero attached hydrogens (tertiary/aromatic N) is 1. The van der Waals surface area contributed by atoms with Crippen molar-refractivity contribution in [3.05, 3.63) is 28.2 Å². The largest absolute Gasteiger partial charge is 0.335 e. The molecule has 2 amide bonds. The van der Waals surface area contributed by atoms with E-state index in [9.17, 15) is 4.79 Å². The highest BCUT2D eigenvalue weighted by Crippen LogP contribution is 2.25. The minimum atomic E-state index is -0.232. The number of likely N-dealkylation sites (tertiary alicyclic amines) is 1. The van der Waals surface area contributed by atoms with Crippen LogP contribution in [-0.2, 0) is 0 Å². The van der Waals surface area contributed by atoms with Gasteiger partial charge < -0.3 is 15.5 Å². The normalized spacial score (nSPS) is 16.9. The number of anilines is 1. The van der Waals surface area contributed by atoms with Gasteiger partial charge in [-0.3, -0.25) is 0 Å². The molecule has 0 radical (unpaired) electrons. The van der Waals surface area contributed by atoms with Crippen molar-refractivity contribution in [3.63, 3.8) is 0 Å². The second-order valence-corrected chi connectivity index (χ2v) is 5.77. The zero-order valence-electron chi connectivity index (χ0n) is 11.5. The second kappa shape index (κ2) is 7.16. The van der Waals surface area contributed by atoms with E-state index >= 15 is 0 Å². The third-order valence-electron chi connectivity index (χ3n) is 3.55. The van der Waals surface area contributed by atoms with Crippen LogP contribution < -0.4 is 10.6 Å². The Bertz CT molecular complexity index is 473. The van der Waals surface area contributed by atoms with Gasteiger partial charge in [-0.05, 0) is 37.6 Å². The van der Waals surface area contributed by atoms with Gasteiger partial charge in [-0.25, -0.2) is 4.79 Å². The van der Waals surface area contributed by atoms with Crippen LogP contribution in [0.3, 0.4) is 0 Å². The lowest BCUT2D eigenvalue weighted by Gasteiger charge is -2.31. The van der Waals surface area contributed by atoms with Crippen LogP contribution in [0.5, 0.6) is 0 Å². The van der Waals surface area contributed by atoms with Gasteiger partial charge in [-0.2, -0.15) is 0 Å². The van der Waals surface area contributed by atoms with E-state index in [1.807, 2.05) is 0 Å². The van der Waals surface area contributed by atoms with Gasteiger partial charge in [0, 0.05) is 24.2 Å². The molecule has 110 valence electrons. The van der Waals surface area contributed by atoms with Crippen molar-refractivity contribution in [1.29, 1.82) is 0 Å². The number of rotatable bonds is 3. The van der Waals surface area contributed by atoms with Crippen LogP contribution in [0.25, 0.3) is 0 Å². The predicted octanol–water partition coefficient (Wildman–Crippen LogP) is 3.60. The first-order chi connectivity index (χ1) is 9.58. The molecule has 1 fully saturated rings. The molecular formula is C14H19Cl2N3O. The maximum atomic E-state index is 12.0. The molecule has 1 saturated heterocycles. The molecule has 2 rings (SSSR count). The Morgan fingerprint density at radius 3 is 2.70 bits per heavy atom. The molecule has 6 heteroatoms. The van der Waals surface area contributed by atoms with Crippen molar-refractivity contribution in [1.82, 2.24) is 10.2 Å². The topological polar surface area (TPSA) is 44.4 Å². The number of urea groups is 1. The summed E-state index contributed by atoms with van der Waals surface area (Å²) < 4.78 is 0. The van der Waals surface area contributed by atoms with Gasteiger partial charge in [-0.1, -0.05) is 30.1 Å². The number of carbonyl (C=O) groups is 1. The molecule has 4 nitrogen and oxygen atoms in total. The van der Waals surface area contributed by atoms with E-state index in [0.29, 0.717) is 15.7 Å². The molecule has 0 unspecified atom stereocenters. The number of halogens is 2. The molecule has 1 aliphatic heterocycles. The molecule has 0 saturated carbocycles. The van der Waals surface area contributed by atoms with Crippen molar-refractivity contribution in [2.75, 3.05) is 25.0 Å². The molecule has 2 N–H and O–H groups in total. The lowest BCUT2D eigenvalue weighted by atomic mass is 10.1. The highest BCUT2D eigenvalue weighted by molar-refractivity contribution is 6.35. The van der Waals surface area contributed by atoms with E-state index in [-0.39, 0.29) is 12.1 Å². The van der Waals surface area contributed by atoms with E-state index < -0.39 is 0 Å². The molecule has 1 aromatic carbocycles. The standard InChI is InChI=1S/C14H19Cl2N3O/c1-2-19-7-5-11(6-8-19)17-14(20)18-13-9-10(15)3-4-12(13)16/h3-4,9,11H,2,5-8H2,1H3,(H2,17,18,20). The summed E-state index contributed by atoms with van der Waals surface area (Å²) in [6.07, 6.45) is 1.95. The number of nitrogens with one attached hydrogen (secondary N) is 2. The van der Waals surface area contributed by atoms with Crippen LogP contribution >= 0.6 is 23.2 Å². The second-order valence-electron chi connectivity index (χ2n) is 4.93. The molecule has 0 bridgehead atoms. The van der Waals surface area contributed by atoms with Crippen LogP contribution in [0.2, 0.25) is 10.0 Å².